The summed E-state index contributed by atoms with van der Waals surface area (Å²) in [5.41, 5.74) is 2.82. The molecule has 186 valence electrons. The molecule has 7 nitrogen and oxygen atoms in total. The van der Waals surface area contributed by atoms with Crippen LogP contribution in [0.3, 0.4) is 0 Å². The number of rotatable bonds is 7. The highest BCUT2D eigenvalue weighted by atomic mass is 32.2. The van der Waals surface area contributed by atoms with Gasteiger partial charge in [-0.05, 0) is 86.7 Å². The van der Waals surface area contributed by atoms with Crippen molar-refractivity contribution >= 4 is 33.3 Å². The number of hydrogen-bond acceptors (Lipinski definition) is 5. The number of esters is 1. The Balaban J connectivity index is 1.33. The number of anilines is 2. The van der Waals surface area contributed by atoms with E-state index in [1.54, 1.807) is 67.6 Å². The highest BCUT2D eigenvalue weighted by molar-refractivity contribution is 7.92. The molecule has 0 spiro atoms. The summed E-state index contributed by atoms with van der Waals surface area (Å²) in [4.78, 5) is 25.5. The number of fused-ring (bicyclic) bond motifs is 1. The van der Waals surface area contributed by atoms with Crippen molar-refractivity contribution < 1.29 is 22.7 Å². The van der Waals surface area contributed by atoms with Crippen LogP contribution in [0.5, 0.6) is 0 Å². The molecule has 3 aromatic rings. The highest BCUT2D eigenvalue weighted by Gasteiger charge is 2.52. The molecule has 1 aliphatic carbocycles. The van der Waals surface area contributed by atoms with E-state index in [1.165, 1.54) is 4.31 Å². The molecule has 1 saturated carbocycles. The predicted octanol–water partition coefficient (Wildman–Crippen LogP) is 4.67. The highest BCUT2D eigenvalue weighted by Crippen LogP contribution is 2.49. The van der Waals surface area contributed by atoms with Crippen molar-refractivity contribution in [2.45, 2.75) is 49.5 Å². The van der Waals surface area contributed by atoms with Crippen LogP contribution in [0, 0.1) is 0 Å². The summed E-state index contributed by atoms with van der Waals surface area (Å²) < 4.78 is 33.2. The second kappa shape index (κ2) is 9.09. The molecule has 36 heavy (non-hydrogen) atoms. The van der Waals surface area contributed by atoms with Gasteiger partial charge in [0.05, 0.1) is 22.6 Å². The molecule has 0 bridgehead atoms. The van der Waals surface area contributed by atoms with Crippen molar-refractivity contribution in [3.8, 4) is 0 Å². The van der Waals surface area contributed by atoms with Crippen LogP contribution in [-0.4, -0.2) is 32.9 Å². The second-order valence-electron chi connectivity index (χ2n) is 9.34. The van der Waals surface area contributed by atoms with E-state index in [2.05, 4.69) is 5.32 Å². The topological polar surface area (TPSA) is 92.8 Å². The van der Waals surface area contributed by atoms with E-state index in [0.717, 1.165) is 24.0 Å². The fraction of sp³-hybridized carbons (Fsp3) is 0.286. The van der Waals surface area contributed by atoms with Gasteiger partial charge in [-0.1, -0.05) is 30.3 Å². The monoisotopic (exact) mass is 504 g/mol. The summed E-state index contributed by atoms with van der Waals surface area (Å²) in [6.45, 7) is 4.01. The Hall–Kier alpha value is -3.65. The van der Waals surface area contributed by atoms with E-state index in [-0.39, 0.29) is 22.8 Å². The molecule has 0 unspecified atom stereocenters. The molecule has 2 aliphatic rings. The van der Waals surface area contributed by atoms with Crippen molar-refractivity contribution in [2.75, 3.05) is 16.2 Å². The molecule has 1 aliphatic heterocycles. The molecule has 5 rings (SSSR count). The van der Waals surface area contributed by atoms with E-state index in [0.29, 0.717) is 30.0 Å². The first-order valence-electron chi connectivity index (χ1n) is 12.1. The van der Waals surface area contributed by atoms with Crippen molar-refractivity contribution in [1.82, 2.24) is 0 Å². The number of amides is 1. The molecule has 1 atom stereocenters. The van der Waals surface area contributed by atoms with Crippen molar-refractivity contribution in [1.29, 1.82) is 0 Å². The van der Waals surface area contributed by atoms with Crippen molar-refractivity contribution in [2.24, 2.45) is 0 Å². The van der Waals surface area contributed by atoms with Gasteiger partial charge >= 0.3 is 5.97 Å². The quantitative estimate of drug-likeness (QED) is 0.472. The van der Waals surface area contributed by atoms with Gasteiger partial charge in [0.15, 0.2) is 0 Å². The maximum Gasteiger partial charge on any atom is 0.316 e. The fourth-order valence-corrected chi connectivity index (χ4v) is 6.61. The fourth-order valence-electron chi connectivity index (χ4n) is 4.90. The first-order chi connectivity index (χ1) is 17.3. The van der Waals surface area contributed by atoms with Gasteiger partial charge in [0.1, 0.15) is 0 Å². The van der Waals surface area contributed by atoms with Gasteiger partial charge < -0.3 is 10.1 Å². The van der Waals surface area contributed by atoms with Gasteiger partial charge in [0.25, 0.3) is 15.9 Å². The largest absolute Gasteiger partial charge is 0.465 e. The first-order valence-corrected chi connectivity index (χ1v) is 13.5. The lowest BCUT2D eigenvalue weighted by molar-refractivity contribution is -0.146. The Kier molecular flexibility index (Phi) is 6.08. The normalized spacial score (nSPS) is 17.8. The molecule has 3 aromatic carbocycles. The molecule has 0 aromatic heterocycles. The summed E-state index contributed by atoms with van der Waals surface area (Å²) in [6, 6.07) is 20.5. The zero-order valence-electron chi connectivity index (χ0n) is 20.2. The number of nitrogens with one attached hydrogen (secondary N) is 1. The summed E-state index contributed by atoms with van der Waals surface area (Å²) in [5.74, 6) is -0.480. The second-order valence-corrected chi connectivity index (χ2v) is 11.2. The Bertz CT molecular complexity index is 1410. The smallest absolute Gasteiger partial charge is 0.316 e. The lowest BCUT2D eigenvalue weighted by Crippen LogP contribution is -2.35. The van der Waals surface area contributed by atoms with Crippen LogP contribution in [0.25, 0.3) is 0 Å². The summed E-state index contributed by atoms with van der Waals surface area (Å²) in [6.07, 6.45) is 2.05. The maximum atomic E-state index is 13.3. The van der Waals surface area contributed by atoms with E-state index >= 15 is 0 Å². The summed E-state index contributed by atoms with van der Waals surface area (Å²) in [7, 11) is -3.70. The first kappa shape index (κ1) is 24.1. The summed E-state index contributed by atoms with van der Waals surface area (Å²) in [5, 5.41) is 2.89. The Morgan fingerprint density at radius 2 is 1.72 bits per heavy atom. The van der Waals surface area contributed by atoms with E-state index in [4.69, 9.17) is 4.74 Å². The van der Waals surface area contributed by atoms with Gasteiger partial charge in [-0.3, -0.25) is 13.9 Å². The van der Waals surface area contributed by atoms with Gasteiger partial charge in [0.2, 0.25) is 0 Å². The van der Waals surface area contributed by atoms with Crippen LogP contribution < -0.4 is 9.62 Å². The predicted molar refractivity (Wildman–Crippen MR) is 138 cm³/mol. The van der Waals surface area contributed by atoms with Crippen LogP contribution in [0.2, 0.25) is 0 Å². The molecule has 0 radical (unpaired) electrons. The Morgan fingerprint density at radius 1 is 1.03 bits per heavy atom. The summed E-state index contributed by atoms with van der Waals surface area (Å²) >= 11 is 0. The molecule has 8 heteroatoms. The number of sulfonamides is 1. The third kappa shape index (κ3) is 4.15. The molecule has 1 fully saturated rings. The van der Waals surface area contributed by atoms with Gasteiger partial charge in [-0.15, -0.1) is 0 Å². The minimum absolute atomic E-state index is 0.197. The van der Waals surface area contributed by atoms with Crippen molar-refractivity contribution in [3.05, 3.63) is 89.5 Å². The van der Waals surface area contributed by atoms with Gasteiger partial charge in [0, 0.05) is 17.3 Å². The zero-order chi connectivity index (χ0) is 25.5. The molecular formula is C28H28N2O5S. The van der Waals surface area contributed by atoms with Gasteiger partial charge in [-0.2, -0.15) is 0 Å². The van der Waals surface area contributed by atoms with Crippen molar-refractivity contribution in [3.63, 3.8) is 0 Å². The lowest BCUT2D eigenvalue weighted by atomic mass is 9.96. The van der Waals surface area contributed by atoms with Crippen LogP contribution in [-0.2, 0) is 31.4 Å². The molecule has 1 amide bonds. The lowest BCUT2D eigenvalue weighted by Gasteiger charge is -2.24. The van der Waals surface area contributed by atoms with Crippen LogP contribution in [0.4, 0.5) is 11.4 Å². The zero-order valence-corrected chi connectivity index (χ0v) is 21.0. The van der Waals surface area contributed by atoms with Crippen LogP contribution in [0.15, 0.2) is 77.7 Å². The average Bonchev–Trinajstić information content (AvgIpc) is 3.61. The third-order valence-corrected chi connectivity index (χ3v) is 8.85. The molecule has 1 N–H and O–H groups in total. The van der Waals surface area contributed by atoms with E-state index in [9.17, 15) is 18.0 Å². The minimum atomic E-state index is -3.70. The number of benzene rings is 3. The molecular weight excluding hydrogens is 476 g/mol. The minimum Gasteiger partial charge on any atom is -0.465 e. The standard InChI is InChI=1S/C28H28N2O5S/c1-3-35-27(32)28(15-16-28)22-10-12-23(13-11-22)29-26(31)20-9-14-25-21(18-20)17-19(2)30(25)36(33,34)24-7-5-4-6-8-24/h4-14,18-19H,3,15-17H2,1-2H3,(H,29,31)/t19-/m1/s1. The number of ether oxygens (including phenoxy) is 1. The van der Waals surface area contributed by atoms with E-state index < -0.39 is 15.4 Å². The Morgan fingerprint density at radius 3 is 2.36 bits per heavy atom. The average molecular weight is 505 g/mol. The van der Waals surface area contributed by atoms with E-state index in [1.807, 2.05) is 19.1 Å². The van der Waals surface area contributed by atoms with Gasteiger partial charge in [-0.25, -0.2) is 8.42 Å². The van der Waals surface area contributed by atoms with Crippen LogP contribution in [0.1, 0.15) is 48.2 Å². The molecule has 1 heterocycles. The number of carbonyl (C=O) groups excluding carboxylic acids is 2. The molecule has 0 saturated heterocycles. The number of carbonyl (C=O) groups is 2. The van der Waals surface area contributed by atoms with Crippen LogP contribution >= 0.6 is 0 Å². The third-order valence-electron chi connectivity index (χ3n) is 6.91. The maximum absolute atomic E-state index is 13.3. The SMILES string of the molecule is CCOC(=O)C1(c2ccc(NC(=O)c3ccc4c(c3)C[C@@H](C)N4S(=O)(=O)c3ccccc3)cc2)CC1. The number of hydrogen-bond donors (Lipinski definition) is 1. The Labute approximate surface area is 211 Å². The number of nitrogens with zero attached hydrogens (tertiary/aromatic N) is 1.